The van der Waals surface area contributed by atoms with Crippen LogP contribution in [0.3, 0.4) is 0 Å². The fraction of sp³-hybridized carbons (Fsp3) is 0.444. The fourth-order valence-corrected chi connectivity index (χ4v) is 1.62. The normalized spacial score (nSPS) is 21.1. The first-order valence-electron chi connectivity index (χ1n) is 4.37. The van der Waals surface area contributed by atoms with Gasteiger partial charge in [0.05, 0.1) is 6.61 Å². The topological polar surface area (TPSA) is 52.1 Å². The molecule has 2 heterocycles. The number of carbonyl (C=O) groups is 1. The number of ether oxygens (including phenoxy) is 1. The van der Waals surface area contributed by atoms with Gasteiger partial charge in [0.1, 0.15) is 5.69 Å². The first-order chi connectivity index (χ1) is 6.79. The van der Waals surface area contributed by atoms with Crippen LogP contribution in [-0.2, 0) is 4.74 Å². The maximum Gasteiger partial charge on any atom is 0.189 e. The molecular weight excluding hydrogens is 204 g/mol. The lowest BCUT2D eigenvalue weighted by atomic mass is 10.0. The summed E-state index contributed by atoms with van der Waals surface area (Å²) in [6.45, 7) is 1.10. The molecule has 0 aromatic carbocycles. The Labute approximate surface area is 86.3 Å². The quantitative estimate of drug-likeness (QED) is 0.695. The van der Waals surface area contributed by atoms with E-state index in [1.807, 2.05) is 0 Å². The van der Waals surface area contributed by atoms with Gasteiger partial charge in [-0.15, -0.1) is 0 Å². The second-order valence-electron chi connectivity index (χ2n) is 3.12. The zero-order chi connectivity index (χ0) is 9.97. The molecule has 0 radical (unpaired) electrons. The minimum absolute atomic E-state index is 0.0689. The first kappa shape index (κ1) is 9.55. The van der Waals surface area contributed by atoms with Crippen molar-refractivity contribution in [2.24, 2.45) is 5.92 Å². The number of hydrogen-bond acceptors (Lipinski definition) is 4. The third kappa shape index (κ3) is 1.76. The molecule has 1 aromatic heterocycles. The smallest absolute Gasteiger partial charge is 0.189 e. The molecule has 0 unspecified atom stereocenters. The molecule has 1 atom stereocenters. The highest BCUT2D eigenvalue weighted by atomic mass is 35.5. The Morgan fingerprint density at radius 2 is 2.29 bits per heavy atom. The average Bonchev–Trinajstić information content (AvgIpc) is 2.70. The Balaban J connectivity index is 2.22. The molecule has 0 bridgehead atoms. The van der Waals surface area contributed by atoms with Gasteiger partial charge in [0.15, 0.2) is 10.9 Å². The van der Waals surface area contributed by atoms with Crippen LogP contribution in [0, 0.1) is 5.92 Å². The van der Waals surface area contributed by atoms with Crippen LogP contribution in [0.5, 0.6) is 0 Å². The number of halogens is 1. The zero-order valence-corrected chi connectivity index (χ0v) is 8.20. The molecule has 5 heteroatoms. The van der Waals surface area contributed by atoms with E-state index in [2.05, 4.69) is 9.97 Å². The Morgan fingerprint density at radius 3 is 2.93 bits per heavy atom. The van der Waals surface area contributed by atoms with E-state index in [0.717, 1.165) is 6.42 Å². The van der Waals surface area contributed by atoms with Crippen molar-refractivity contribution >= 4 is 17.4 Å². The van der Waals surface area contributed by atoms with Crippen LogP contribution in [0.25, 0.3) is 0 Å². The maximum atomic E-state index is 11.8. The lowest BCUT2D eigenvalue weighted by Crippen LogP contribution is -2.16. The van der Waals surface area contributed by atoms with Crippen molar-refractivity contribution in [2.45, 2.75) is 6.42 Å². The Kier molecular flexibility index (Phi) is 2.74. The van der Waals surface area contributed by atoms with Crippen LogP contribution in [0.1, 0.15) is 16.9 Å². The zero-order valence-electron chi connectivity index (χ0n) is 7.44. The molecule has 0 spiro atoms. The molecule has 2 rings (SSSR count). The number of nitrogens with zero attached hydrogens (tertiary/aromatic N) is 2. The van der Waals surface area contributed by atoms with Crippen molar-refractivity contribution in [1.82, 2.24) is 9.97 Å². The molecule has 1 aliphatic heterocycles. The van der Waals surface area contributed by atoms with E-state index in [-0.39, 0.29) is 22.5 Å². The van der Waals surface area contributed by atoms with Gasteiger partial charge < -0.3 is 4.74 Å². The van der Waals surface area contributed by atoms with Crippen molar-refractivity contribution in [3.63, 3.8) is 0 Å². The third-order valence-corrected chi connectivity index (χ3v) is 2.46. The van der Waals surface area contributed by atoms with E-state index in [0.29, 0.717) is 13.2 Å². The van der Waals surface area contributed by atoms with Gasteiger partial charge in [-0.25, -0.2) is 9.97 Å². The van der Waals surface area contributed by atoms with Gasteiger partial charge in [-0.2, -0.15) is 0 Å². The number of aromatic nitrogens is 2. The van der Waals surface area contributed by atoms with E-state index >= 15 is 0 Å². The molecular formula is C9H9ClN2O2. The van der Waals surface area contributed by atoms with Crippen LogP contribution in [0.4, 0.5) is 0 Å². The second-order valence-corrected chi connectivity index (χ2v) is 3.48. The van der Waals surface area contributed by atoms with E-state index in [4.69, 9.17) is 16.3 Å². The predicted octanol–water partition coefficient (Wildman–Crippen LogP) is 1.35. The second kappa shape index (κ2) is 4.02. The van der Waals surface area contributed by atoms with Gasteiger partial charge in [-0.05, 0) is 6.42 Å². The molecule has 0 aliphatic carbocycles. The van der Waals surface area contributed by atoms with Crippen LogP contribution in [0.2, 0.25) is 5.15 Å². The minimum atomic E-state index is -0.107. The molecule has 0 saturated carbocycles. The largest absolute Gasteiger partial charge is 0.381 e. The predicted molar refractivity (Wildman–Crippen MR) is 50.3 cm³/mol. The minimum Gasteiger partial charge on any atom is -0.381 e. The molecule has 0 N–H and O–H groups in total. The van der Waals surface area contributed by atoms with Crippen LogP contribution in [-0.4, -0.2) is 29.0 Å². The van der Waals surface area contributed by atoms with E-state index in [9.17, 15) is 4.79 Å². The summed E-state index contributed by atoms with van der Waals surface area (Å²) in [6.07, 6.45) is 3.67. The Bertz CT molecular complexity index is 350. The highest BCUT2D eigenvalue weighted by molar-refractivity contribution is 6.32. The van der Waals surface area contributed by atoms with E-state index in [1.54, 1.807) is 0 Å². The summed E-state index contributed by atoms with van der Waals surface area (Å²) in [5, 5.41) is 0.171. The van der Waals surface area contributed by atoms with Crippen LogP contribution in [0.15, 0.2) is 12.4 Å². The number of hydrogen-bond donors (Lipinski definition) is 0. The molecule has 1 saturated heterocycles. The molecule has 1 aromatic rings. The highest BCUT2D eigenvalue weighted by Gasteiger charge is 2.27. The molecule has 0 amide bonds. The van der Waals surface area contributed by atoms with Gasteiger partial charge in [-0.3, -0.25) is 4.79 Å². The van der Waals surface area contributed by atoms with Gasteiger partial charge in [0.25, 0.3) is 0 Å². The standard InChI is InChI=1S/C9H9ClN2O2/c10-9-7(11-2-3-12-9)8(13)6-1-4-14-5-6/h2-3,6H,1,4-5H2/t6-/m0/s1. The van der Waals surface area contributed by atoms with Crippen molar-refractivity contribution in [2.75, 3.05) is 13.2 Å². The average molecular weight is 213 g/mol. The summed E-state index contributed by atoms with van der Waals surface area (Å²) in [4.78, 5) is 19.5. The third-order valence-electron chi connectivity index (χ3n) is 2.19. The fourth-order valence-electron chi connectivity index (χ4n) is 1.42. The Hall–Kier alpha value is -1.00. The lowest BCUT2D eigenvalue weighted by molar-refractivity contribution is 0.0895. The molecule has 1 aliphatic rings. The summed E-state index contributed by atoms with van der Waals surface area (Å²) in [5.74, 6) is -0.176. The van der Waals surface area contributed by atoms with Gasteiger partial charge in [0.2, 0.25) is 0 Å². The van der Waals surface area contributed by atoms with Crippen molar-refractivity contribution in [1.29, 1.82) is 0 Å². The molecule has 4 nitrogen and oxygen atoms in total. The Morgan fingerprint density at radius 1 is 1.50 bits per heavy atom. The maximum absolute atomic E-state index is 11.8. The number of carbonyl (C=O) groups excluding carboxylic acids is 1. The summed E-state index contributed by atoms with van der Waals surface area (Å²) < 4.78 is 5.13. The SMILES string of the molecule is O=C(c1nccnc1Cl)[C@H]1CCOC1. The summed E-state index contributed by atoms with van der Waals surface area (Å²) >= 11 is 5.76. The van der Waals surface area contributed by atoms with Crippen molar-refractivity contribution < 1.29 is 9.53 Å². The summed E-state index contributed by atoms with van der Waals surface area (Å²) in [6, 6.07) is 0. The monoisotopic (exact) mass is 212 g/mol. The summed E-state index contributed by atoms with van der Waals surface area (Å²) in [5.41, 5.74) is 0.254. The van der Waals surface area contributed by atoms with Gasteiger partial charge in [0, 0.05) is 24.9 Å². The highest BCUT2D eigenvalue weighted by Crippen LogP contribution is 2.20. The molecule has 1 fully saturated rings. The first-order valence-corrected chi connectivity index (χ1v) is 4.75. The van der Waals surface area contributed by atoms with Crippen LogP contribution < -0.4 is 0 Å². The number of ketones is 1. The van der Waals surface area contributed by atoms with Gasteiger partial charge >= 0.3 is 0 Å². The molecule has 74 valence electrons. The lowest BCUT2D eigenvalue weighted by Gasteiger charge is -2.05. The van der Waals surface area contributed by atoms with Gasteiger partial charge in [-0.1, -0.05) is 11.6 Å². The summed E-state index contributed by atoms with van der Waals surface area (Å²) in [7, 11) is 0. The molecule has 14 heavy (non-hydrogen) atoms. The van der Waals surface area contributed by atoms with Crippen molar-refractivity contribution in [3.8, 4) is 0 Å². The van der Waals surface area contributed by atoms with Crippen LogP contribution >= 0.6 is 11.6 Å². The number of rotatable bonds is 2. The van der Waals surface area contributed by atoms with Crippen molar-refractivity contribution in [3.05, 3.63) is 23.2 Å². The number of Topliss-reactive ketones (excluding diaryl/α,β-unsaturated/α-hetero) is 1. The van der Waals surface area contributed by atoms with E-state index < -0.39 is 0 Å². The van der Waals surface area contributed by atoms with E-state index in [1.165, 1.54) is 12.4 Å².